The number of nitrogens with one attached hydrogen (secondary N) is 1. The van der Waals surface area contributed by atoms with E-state index in [9.17, 15) is 9.18 Å². The highest BCUT2D eigenvalue weighted by Crippen LogP contribution is 2.23. The summed E-state index contributed by atoms with van der Waals surface area (Å²) in [6.45, 7) is 3.31. The van der Waals surface area contributed by atoms with Gasteiger partial charge in [0.1, 0.15) is 5.82 Å². The van der Waals surface area contributed by atoms with Crippen molar-refractivity contribution in [2.24, 2.45) is 0 Å². The third-order valence-electron chi connectivity index (χ3n) is 4.13. The fourth-order valence-corrected chi connectivity index (χ4v) is 2.97. The first-order chi connectivity index (χ1) is 11.2. The molecule has 0 spiro atoms. The van der Waals surface area contributed by atoms with Gasteiger partial charge in [0.25, 0.3) is 0 Å². The molecule has 1 fully saturated rings. The quantitative estimate of drug-likeness (QED) is 0.947. The summed E-state index contributed by atoms with van der Waals surface area (Å²) in [4.78, 5) is 22.3. The van der Waals surface area contributed by atoms with Gasteiger partial charge in [0.15, 0.2) is 11.6 Å². The van der Waals surface area contributed by atoms with Crippen LogP contribution in [0.15, 0.2) is 30.7 Å². The minimum absolute atomic E-state index is 0.0310. The molecule has 2 aromatic rings. The number of carbonyl (C=O) groups is 1. The molecule has 7 heteroatoms. The molecule has 3 heterocycles. The Morgan fingerprint density at radius 2 is 2.30 bits per heavy atom. The molecule has 0 bridgehead atoms. The monoisotopic (exact) mass is 317 g/mol. The Kier molecular flexibility index (Phi) is 4.55. The van der Waals surface area contributed by atoms with E-state index < -0.39 is 5.82 Å². The van der Waals surface area contributed by atoms with Gasteiger partial charge in [-0.05, 0) is 25.0 Å². The van der Waals surface area contributed by atoms with Gasteiger partial charge in [-0.2, -0.15) is 0 Å². The summed E-state index contributed by atoms with van der Waals surface area (Å²) >= 11 is 0. The van der Waals surface area contributed by atoms with Crippen LogP contribution in [0.25, 0.3) is 0 Å². The number of aryl methyl sites for hydroxylation is 1. The Balaban J connectivity index is 1.69. The zero-order chi connectivity index (χ0) is 16.2. The van der Waals surface area contributed by atoms with E-state index in [0.29, 0.717) is 13.1 Å². The van der Waals surface area contributed by atoms with Crippen molar-refractivity contribution in [2.45, 2.75) is 32.2 Å². The van der Waals surface area contributed by atoms with Crippen LogP contribution in [0.4, 0.5) is 15.0 Å². The predicted molar refractivity (Wildman–Crippen MR) is 84.7 cm³/mol. The molecule has 0 aliphatic carbocycles. The summed E-state index contributed by atoms with van der Waals surface area (Å²) in [5.41, 5.74) is 0. The van der Waals surface area contributed by atoms with E-state index >= 15 is 0 Å². The number of rotatable bonds is 3. The first kappa shape index (κ1) is 15.5. The maximum atomic E-state index is 13.6. The Bertz CT molecular complexity index is 687. The van der Waals surface area contributed by atoms with Gasteiger partial charge < -0.3 is 9.47 Å². The molecular weight excluding hydrogens is 297 g/mol. The third kappa shape index (κ3) is 3.33. The van der Waals surface area contributed by atoms with E-state index in [2.05, 4.69) is 26.8 Å². The minimum atomic E-state index is -0.530. The molecule has 0 aromatic carbocycles. The van der Waals surface area contributed by atoms with Crippen LogP contribution in [-0.2, 0) is 6.42 Å². The molecule has 1 aliphatic rings. The lowest BCUT2D eigenvalue weighted by molar-refractivity contribution is 0.177. The highest BCUT2D eigenvalue weighted by molar-refractivity contribution is 5.88. The van der Waals surface area contributed by atoms with Gasteiger partial charge in [0.05, 0.1) is 6.04 Å². The number of hydrogen-bond donors (Lipinski definition) is 1. The van der Waals surface area contributed by atoms with E-state index in [-0.39, 0.29) is 17.9 Å². The van der Waals surface area contributed by atoms with Gasteiger partial charge in [-0.15, -0.1) is 0 Å². The zero-order valence-electron chi connectivity index (χ0n) is 13.1. The second-order valence-corrected chi connectivity index (χ2v) is 5.61. The molecule has 1 unspecified atom stereocenters. The van der Waals surface area contributed by atoms with E-state index in [1.165, 1.54) is 18.3 Å². The summed E-state index contributed by atoms with van der Waals surface area (Å²) in [6.07, 6.45) is 7.98. The Hall–Kier alpha value is -2.44. The molecule has 23 heavy (non-hydrogen) atoms. The number of pyridine rings is 1. The maximum Gasteiger partial charge on any atom is 0.323 e. The predicted octanol–water partition coefficient (Wildman–Crippen LogP) is 2.85. The summed E-state index contributed by atoms with van der Waals surface area (Å²) in [7, 11) is 0. The van der Waals surface area contributed by atoms with Crippen LogP contribution in [0, 0.1) is 5.82 Å². The van der Waals surface area contributed by atoms with Gasteiger partial charge in [-0.1, -0.05) is 6.92 Å². The lowest BCUT2D eigenvalue weighted by Crippen LogP contribution is -2.43. The topological polar surface area (TPSA) is 63.1 Å². The zero-order valence-corrected chi connectivity index (χ0v) is 13.1. The lowest BCUT2D eigenvalue weighted by Gasteiger charge is -2.34. The van der Waals surface area contributed by atoms with Crippen molar-refractivity contribution in [1.82, 2.24) is 19.4 Å². The average molecular weight is 317 g/mol. The number of amides is 2. The minimum Gasteiger partial charge on any atom is -0.330 e. The van der Waals surface area contributed by atoms with Crippen molar-refractivity contribution in [3.8, 4) is 0 Å². The van der Waals surface area contributed by atoms with Crippen LogP contribution >= 0.6 is 0 Å². The first-order valence-corrected chi connectivity index (χ1v) is 7.87. The van der Waals surface area contributed by atoms with Crippen LogP contribution < -0.4 is 5.32 Å². The van der Waals surface area contributed by atoms with Crippen molar-refractivity contribution < 1.29 is 9.18 Å². The molecule has 1 atom stereocenters. The number of imidazole rings is 1. The van der Waals surface area contributed by atoms with Crippen molar-refractivity contribution in [3.05, 3.63) is 42.4 Å². The van der Waals surface area contributed by atoms with Crippen molar-refractivity contribution >= 4 is 11.8 Å². The summed E-state index contributed by atoms with van der Waals surface area (Å²) in [6, 6.07) is 2.67. The maximum absolute atomic E-state index is 13.6. The largest absolute Gasteiger partial charge is 0.330 e. The number of hydrogen-bond acceptors (Lipinski definition) is 3. The molecule has 3 rings (SSSR count). The molecule has 1 saturated heterocycles. The molecule has 2 aromatic heterocycles. The molecule has 0 radical (unpaired) electrons. The lowest BCUT2D eigenvalue weighted by atomic mass is 10.1. The molecule has 0 saturated carbocycles. The smallest absolute Gasteiger partial charge is 0.323 e. The highest BCUT2D eigenvalue weighted by atomic mass is 19.1. The molecular formula is C16H20FN5O. The van der Waals surface area contributed by atoms with Gasteiger partial charge in [0, 0.05) is 38.1 Å². The fourth-order valence-electron chi connectivity index (χ4n) is 2.97. The van der Waals surface area contributed by atoms with Gasteiger partial charge in [-0.25, -0.2) is 19.2 Å². The number of urea groups is 1. The number of aromatic nitrogens is 3. The van der Waals surface area contributed by atoms with E-state index in [1.54, 1.807) is 11.1 Å². The van der Waals surface area contributed by atoms with Gasteiger partial charge >= 0.3 is 6.03 Å². The van der Waals surface area contributed by atoms with Crippen LogP contribution in [0.5, 0.6) is 0 Å². The van der Waals surface area contributed by atoms with Crippen LogP contribution in [0.3, 0.4) is 0 Å². The van der Waals surface area contributed by atoms with E-state index in [4.69, 9.17) is 0 Å². The van der Waals surface area contributed by atoms with Gasteiger partial charge in [-0.3, -0.25) is 5.32 Å². The molecule has 122 valence electrons. The number of likely N-dealkylation sites (tertiary alicyclic amines) is 1. The number of carbonyl (C=O) groups excluding carboxylic acids is 1. The van der Waals surface area contributed by atoms with Crippen LogP contribution in [0.1, 0.15) is 31.6 Å². The Morgan fingerprint density at radius 3 is 3.09 bits per heavy atom. The second-order valence-electron chi connectivity index (χ2n) is 5.61. The second kappa shape index (κ2) is 6.76. The van der Waals surface area contributed by atoms with Crippen LogP contribution in [-0.4, -0.2) is 38.6 Å². The van der Waals surface area contributed by atoms with Crippen LogP contribution in [0.2, 0.25) is 0 Å². The third-order valence-corrected chi connectivity index (χ3v) is 4.13. The van der Waals surface area contributed by atoms with Crippen molar-refractivity contribution in [1.29, 1.82) is 0 Å². The Morgan fingerprint density at radius 1 is 1.43 bits per heavy atom. The number of anilines is 1. The van der Waals surface area contributed by atoms with E-state index in [0.717, 1.165) is 25.1 Å². The normalized spacial score (nSPS) is 18.0. The summed E-state index contributed by atoms with van der Waals surface area (Å²) in [5.74, 6) is 0.460. The summed E-state index contributed by atoms with van der Waals surface area (Å²) in [5, 5.41) is 2.55. The SMILES string of the molecule is CCc1nccn1C1CCCN(C(=O)Nc2ncccc2F)C1. The number of nitrogens with zero attached hydrogens (tertiary/aromatic N) is 4. The van der Waals surface area contributed by atoms with Crippen molar-refractivity contribution in [3.63, 3.8) is 0 Å². The molecule has 6 nitrogen and oxygen atoms in total. The average Bonchev–Trinajstić information content (AvgIpc) is 3.06. The van der Waals surface area contributed by atoms with E-state index in [1.807, 2.05) is 6.20 Å². The number of halogens is 1. The molecule has 1 aliphatic heterocycles. The highest BCUT2D eigenvalue weighted by Gasteiger charge is 2.26. The fraction of sp³-hybridized carbons (Fsp3) is 0.438. The molecule has 2 amide bonds. The Labute approximate surface area is 134 Å². The summed E-state index contributed by atoms with van der Waals surface area (Å²) < 4.78 is 15.7. The standard InChI is InChI=1S/C16H20FN5O/c1-2-14-18-8-10-22(14)12-5-4-9-21(11-12)16(23)20-15-13(17)6-3-7-19-15/h3,6-8,10,12H,2,4-5,9,11H2,1H3,(H,19,20,23). The molecule has 1 N–H and O–H groups in total. The number of piperidine rings is 1. The van der Waals surface area contributed by atoms with Gasteiger partial charge in [0.2, 0.25) is 0 Å². The van der Waals surface area contributed by atoms with Crippen molar-refractivity contribution in [2.75, 3.05) is 18.4 Å². The first-order valence-electron chi connectivity index (χ1n) is 7.87.